The van der Waals surface area contributed by atoms with Gasteiger partial charge in [-0.2, -0.15) is 0 Å². The maximum absolute atomic E-state index is 12.0. The van der Waals surface area contributed by atoms with Crippen LogP contribution in [0.1, 0.15) is 65.0 Å². The molecule has 32 heavy (non-hydrogen) atoms. The molecule has 0 aromatic carbocycles. The minimum absolute atomic E-state index is 0.120. The first-order valence-corrected chi connectivity index (χ1v) is 11.7. The molecule has 9 nitrogen and oxygen atoms in total. The highest BCUT2D eigenvalue weighted by molar-refractivity contribution is 6.32. The number of aromatic nitrogens is 5. The second kappa shape index (κ2) is 9.21. The van der Waals surface area contributed by atoms with E-state index < -0.39 is 5.60 Å². The fraction of sp³-hybridized carbons (Fsp3) is 0.682. The Morgan fingerprint density at radius 3 is 2.50 bits per heavy atom. The Kier molecular flexibility index (Phi) is 6.55. The zero-order chi connectivity index (χ0) is 22.9. The molecule has 2 N–H and O–H groups in total. The SMILES string of the molecule is Cn1nnc(-c2nc(NC3CCC(NC(=O)OC(C)(C)C)CC3)ncc2Cl)c1CC1CC1. The monoisotopic (exact) mass is 461 g/mol. The summed E-state index contributed by atoms with van der Waals surface area (Å²) in [5.74, 6) is 1.24. The second-order valence-corrected chi connectivity index (χ2v) is 10.3. The lowest BCUT2D eigenvalue weighted by Crippen LogP contribution is -2.42. The summed E-state index contributed by atoms with van der Waals surface area (Å²) in [4.78, 5) is 21.1. The number of carbonyl (C=O) groups excluding carboxylic acids is 1. The molecule has 1 amide bonds. The number of amides is 1. The van der Waals surface area contributed by atoms with Gasteiger partial charge in [-0.05, 0) is 71.6 Å². The molecule has 0 spiro atoms. The van der Waals surface area contributed by atoms with E-state index in [0.29, 0.717) is 22.6 Å². The third-order valence-corrected chi connectivity index (χ3v) is 6.15. The number of hydrogen-bond acceptors (Lipinski definition) is 7. The predicted molar refractivity (Wildman–Crippen MR) is 123 cm³/mol. The average molecular weight is 462 g/mol. The van der Waals surface area contributed by atoms with Crippen molar-refractivity contribution >= 4 is 23.6 Å². The molecule has 2 aliphatic carbocycles. The van der Waals surface area contributed by atoms with E-state index >= 15 is 0 Å². The van der Waals surface area contributed by atoms with Gasteiger partial charge in [-0.25, -0.2) is 14.8 Å². The first-order valence-electron chi connectivity index (χ1n) is 11.4. The summed E-state index contributed by atoms with van der Waals surface area (Å²) in [6.45, 7) is 5.59. The molecule has 2 aliphatic rings. The maximum atomic E-state index is 12.0. The average Bonchev–Trinajstić information content (AvgIpc) is 3.46. The molecule has 0 unspecified atom stereocenters. The van der Waals surface area contributed by atoms with Crippen LogP contribution in [0.4, 0.5) is 10.7 Å². The summed E-state index contributed by atoms with van der Waals surface area (Å²) in [5, 5.41) is 15.4. The van der Waals surface area contributed by atoms with Gasteiger partial charge in [0.2, 0.25) is 5.95 Å². The number of halogens is 1. The zero-order valence-corrected chi connectivity index (χ0v) is 19.9. The summed E-state index contributed by atoms with van der Waals surface area (Å²) in [6, 6.07) is 0.350. The summed E-state index contributed by atoms with van der Waals surface area (Å²) >= 11 is 6.44. The third-order valence-electron chi connectivity index (χ3n) is 5.87. The van der Waals surface area contributed by atoms with Gasteiger partial charge in [0.05, 0.1) is 16.9 Å². The lowest BCUT2D eigenvalue weighted by atomic mass is 9.91. The number of ether oxygens (including phenoxy) is 1. The van der Waals surface area contributed by atoms with Gasteiger partial charge < -0.3 is 15.4 Å². The van der Waals surface area contributed by atoms with Crippen molar-refractivity contribution in [2.24, 2.45) is 13.0 Å². The van der Waals surface area contributed by atoms with Crippen molar-refractivity contribution in [3.63, 3.8) is 0 Å². The molecule has 10 heteroatoms. The third kappa shape index (κ3) is 5.88. The fourth-order valence-corrected chi connectivity index (χ4v) is 4.21. The van der Waals surface area contributed by atoms with E-state index in [2.05, 4.69) is 30.9 Å². The van der Waals surface area contributed by atoms with Gasteiger partial charge in [-0.3, -0.25) is 4.68 Å². The molecule has 0 saturated heterocycles. The van der Waals surface area contributed by atoms with Crippen LogP contribution in [0.3, 0.4) is 0 Å². The summed E-state index contributed by atoms with van der Waals surface area (Å²) in [5.41, 5.74) is 1.93. The Morgan fingerprint density at radius 2 is 1.84 bits per heavy atom. The Balaban J connectivity index is 1.37. The fourth-order valence-electron chi connectivity index (χ4n) is 4.03. The van der Waals surface area contributed by atoms with Crippen molar-refractivity contribution in [2.75, 3.05) is 5.32 Å². The van der Waals surface area contributed by atoms with Crippen LogP contribution in [0, 0.1) is 5.92 Å². The number of nitrogens with one attached hydrogen (secondary N) is 2. The van der Waals surface area contributed by atoms with Crippen LogP contribution in [0.25, 0.3) is 11.4 Å². The number of alkyl carbamates (subject to hydrolysis) is 1. The summed E-state index contributed by atoms with van der Waals surface area (Å²) in [6.07, 6.45) is 8.25. The van der Waals surface area contributed by atoms with Crippen molar-refractivity contribution in [3.05, 3.63) is 16.9 Å². The van der Waals surface area contributed by atoms with E-state index in [1.807, 2.05) is 32.5 Å². The molecule has 0 atom stereocenters. The molecular weight excluding hydrogens is 430 g/mol. The second-order valence-electron chi connectivity index (χ2n) is 9.89. The van der Waals surface area contributed by atoms with Gasteiger partial charge in [0, 0.05) is 19.1 Å². The van der Waals surface area contributed by atoms with E-state index in [0.717, 1.165) is 43.5 Å². The minimum Gasteiger partial charge on any atom is -0.444 e. The molecule has 2 fully saturated rings. The Bertz CT molecular complexity index is 960. The first-order chi connectivity index (χ1) is 15.2. The quantitative estimate of drug-likeness (QED) is 0.666. The van der Waals surface area contributed by atoms with Crippen molar-refractivity contribution in [1.82, 2.24) is 30.3 Å². The van der Waals surface area contributed by atoms with E-state index in [1.54, 1.807) is 6.20 Å². The van der Waals surface area contributed by atoms with E-state index in [9.17, 15) is 4.79 Å². The van der Waals surface area contributed by atoms with Crippen LogP contribution in [0.2, 0.25) is 5.02 Å². The van der Waals surface area contributed by atoms with Gasteiger partial charge in [-0.15, -0.1) is 5.10 Å². The van der Waals surface area contributed by atoms with Crippen LogP contribution in [-0.2, 0) is 18.2 Å². The van der Waals surface area contributed by atoms with Crippen molar-refractivity contribution in [3.8, 4) is 11.4 Å². The van der Waals surface area contributed by atoms with Gasteiger partial charge >= 0.3 is 6.09 Å². The van der Waals surface area contributed by atoms with Crippen molar-refractivity contribution in [1.29, 1.82) is 0 Å². The summed E-state index contributed by atoms with van der Waals surface area (Å²) in [7, 11) is 1.91. The molecular formula is C22H32ClN7O2. The van der Waals surface area contributed by atoms with E-state index in [4.69, 9.17) is 16.3 Å². The highest BCUT2D eigenvalue weighted by Crippen LogP contribution is 2.36. The van der Waals surface area contributed by atoms with Crippen molar-refractivity contribution in [2.45, 2.75) is 83.4 Å². The van der Waals surface area contributed by atoms with Crippen LogP contribution >= 0.6 is 11.6 Å². The highest BCUT2D eigenvalue weighted by atomic mass is 35.5. The maximum Gasteiger partial charge on any atom is 0.407 e. The summed E-state index contributed by atoms with van der Waals surface area (Å²) < 4.78 is 7.18. The molecule has 2 aromatic rings. The molecule has 174 valence electrons. The Morgan fingerprint density at radius 1 is 1.16 bits per heavy atom. The molecule has 0 bridgehead atoms. The van der Waals surface area contributed by atoms with Gasteiger partial charge in [0.15, 0.2) is 0 Å². The molecule has 4 rings (SSSR count). The van der Waals surface area contributed by atoms with Gasteiger partial charge in [-0.1, -0.05) is 16.8 Å². The molecule has 2 aromatic heterocycles. The van der Waals surface area contributed by atoms with Crippen molar-refractivity contribution < 1.29 is 9.53 Å². The molecule has 0 aliphatic heterocycles. The topological polar surface area (TPSA) is 107 Å². The smallest absolute Gasteiger partial charge is 0.407 e. The Labute approximate surface area is 193 Å². The molecule has 0 radical (unpaired) electrons. The van der Waals surface area contributed by atoms with Crippen LogP contribution in [0.5, 0.6) is 0 Å². The van der Waals surface area contributed by atoms with Crippen LogP contribution < -0.4 is 10.6 Å². The number of rotatable bonds is 6. The van der Waals surface area contributed by atoms with Crippen LogP contribution in [0.15, 0.2) is 6.20 Å². The molecule has 2 saturated carbocycles. The normalized spacial score (nSPS) is 21.3. The molecule has 2 heterocycles. The number of nitrogens with zero attached hydrogens (tertiary/aromatic N) is 5. The lowest BCUT2D eigenvalue weighted by molar-refractivity contribution is 0.0492. The van der Waals surface area contributed by atoms with Gasteiger partial charge in [0.1, 0.15) is 17.0 Å². The number of anilines is 1. The van der Waals surface area contributed by atoms with E-state index in [1.165, 1.54) is 12.8 Å². The minimum atomic E-state index is -0.492. The predicted octanol–water partition coefficient (Wildman–Crippen LogP) is 4.13. The van der Waals surface area contributed by atoms with E-state index in [-0.39, 0.29) is 18.2 Å². The number of carbonyl (C=O) groups is 1. The van der Waals surface area contributed by atoms with Crippen LogP contribution in [-0.4, -0.2) is 48.7 Å². The number of aryl methyl sites for hydroxylation is 1. The standard InChI is InChI=1S/C22H32ClN7O2/c1-22(2,3)32-21(31)26-15-9-7-14(8-10-15)25-20-24-12-16(23)18(27-20)19-17(11-13-5-6-13)30(4)29-28-19/h12-15H,5-11H2,1-4H3,(H,26,31)(H,24,25,27). The highest BCUT2D eigenvalue weighted by Gasteiger charge is 2.28. The Hall–Kier alpha value is -2.42. The first kappa shape index (κ1) is 22.8. The number of hydrogen-bond donors (Lipinski definition) is 2. The largest absolute Gasteiger partial charge is 0.444 e. The lowest BCUT2D eigenvalue weighted by Gasteiger charge is -2.30. The zero-order valence-electron chi connectivity index (χ0n) is 19.2. The van der Waals surface area contributed by atoms with Gasteiger partial charge in [0.25, 0.3) is 0 Å².